The first kappa shape index (κ1) is 42.9. The van der Waals surface area contributed by atoms with Gasteiger partial charge in [0.25, 0.3) is 0 Å². The van der Waals surface area contributed by atoms with Gasteiger partial charge in [-0.1, -0.05) is 122 Å². The maximum Gasteiger partial charge on any atom is 6.00 e. The largest absolute Gasteiger partial charge is 6.00 e. The minimum atomic E-state index is 0. The number of rotatable bonds is 12. The second-order valence-corrected chi connectivity index (χ2v) is 9.95. The van der Waals surface area contributed by atoms with Crippen molar-refractivity contribution in [2.45, 2.75) is 157 Å². The van der Waals surface area contributed by atoms with E-state index in [1.807, 2.05) is 0 Å². The fourth-order valence-electron chi connectivity index (χ4n) is 2.55. The molecule has 0 aliphatic heterocycles. The molecule has 0 heterocycles. The van der Waals surface area contributed by atoms with Crippen LogP contribution in [0, 0.1) is 0 Å². The maximum absolute atomic E-state index is 7.75. The SMILES string of the molecule is CCCC([N-]C(C)CC)[N-]C(C)(C)C.CCCC([N-]C(C)CC)[N-]C(C)(C)C.[CH-]=O.[CH-]=O.[Ru+6]. The summed E-state index contributed by atoms with van der Waals surface area (Å²) in [5, 5.41) is 18.8. The summed E-state index contributed by atoms with van der Waals surface area (Å²) in [6, 6.07) is 0.885. The van der Waals surface area contributed by atoms with Crippen molar-refractivity contribution < 1.29 is 29.1 Å². The van der Waals surface area contributed by atoms with Crippen LogP contribution in [0.1, 0.15) is 122 Å². The van der Waals surface area contributed by atoms with E-state index in [0.717, 1.165) is 38.5 Å². The Labute approximate surface area is 220 Å². The molecule has 198 valence electrons. The molecule has 0 aliphatic rings. The average molecular weight is 556 g/mol. The Bertz CT molecular complexity index is 351. The third-order valence-electron chi connectivity index (χ3n) is 4.20. The van der Waals surface area contributed by atoms with E-state index in [2.05, 4.69) is 96.7 Å². The van der Waals surface area contributed by atoms with Gasteiger partial charge in [-0.25, -0.2) is 12.3 Å². The minimum absolute atomic E-state index is 0. The van der Waals surface area contributed by atoms with E-state index in [9.17, 15) is 0 Å². The average Bonchev–Trinajstić information content (AvgIpc) is 2.69. The first-order valence-corrected chi connectivity index (χ1v) is 12.1. The number of hydrogen-bond donors (Lipinski definition) is 0. The summed E-state index contributed by atoms with van der Waals surface area (Å²) in [7, 11) is 0. The summed E-state index contributed by atoms with van der Waals surface area (Å²) in [6.45, 7) is 32.4. The molecular formula is C26H54N4O2Ru. The van der Waals surface area contributed by atoms with Crippen molar-refractivity contribution in [1.29, 1.82) is 0 Å². The molecule has 0 aromatic carbocycles. The molecule has 4 unspecified atom stereocenters. The molecule has 0 amide bonds. The van der Waals surface area contributed by atoms with Crippen LogP contribution in [-0.4, -0.2) is 49.1 Å². The van der Waals surface area contributed by atoms with Gasteiger partial charge in [0.15, 0.2) is 0 Å². The number of nitrogens with zero attached hydrogens (tertiary/aromatic N) is 4. The summed E-state index contributed by atoms with van der Waals surface area (Å²) in [5.41, 5.74) is 0.0770. The van der Waals surface area contributed by atoms with Gasteiger partial charge < -0.3 is 30.9 Å². The Hall–Kier alpha value is -0.197. The quantitative estimate of drug-likeness (QED) is 0.137. The molecule has 7 heteroatoms. The van der Waals surface area contributed by atoms with Crippen LogP contribution in [0.25, 0.3) is 21.3 Å². The normalized spacial score (nSPS) is 14.4. The van der Waals surface area contributed by atoms with E-state index in [1.54, 1.807) is 0 Å². The van der Waals surface area contributed by atoms with Gasteiger partial charge in [-0.3, -0.25) is 13.6 Å². The molecule has 0 N–H and O–H groups in total. The fraction of sp³-hybridized carbons (Fsp3) is 0.923. The van der Waals surface area contributed by atoms with E-state index in [1.165, 1.54) is 0 Å². The second-order valence-electron chi connectivity index (χ2n) is 9.95. The number of carbonyl (C=O) groups excluding carboxylic acids is 2. The zero-order chi connectivity index (χ0) is 26.4. The Kier molecular flexibility index (Phi) is 34.3. The van der Waals surface area contributed by atoms with Crippen LogP contribution >= 0.6 is 0 Å². The van der Waals surface area contributed by atoms with Gasteiger partial charge in [0, 0.05) is 0 Å². The van der Waals surface area contributed by atoms with Crippen LogP contribution < -0.4 is 0 Å². The standard InChI is InChI=1S/2C12H26N2.2CHO.Ru/c2*1-7-9-11(13-10(3)8-2)14-12(4,5)6;2*1-2;/h2*10-11H,7-9H2,1-6H3;2*1H;/q2*-2;2*-1;+6. The monoisotopic (exact) mass is 556 g/mol. The third kappa shape index (κ3) is 36.5. The second kappa shape index (κ2) is 26.4. The van der Waals surface area contributed by atoms with Gasteiger partial charge in [-0.05, 0) is 0 Å². The van der Waals surface area contributed by atoms with Crippen molar-refractivity contribution in [2.75, 3.05) is 0 Å². The zero-order valence-electron chi connectivity index (χ0n) is 23.7. The molecule has 0 rings (SSSR count). The topological polar surface area (TPSA) is 90.5 Å². The fourth-order valence-corrected chi connectivity index (χ4v) is 2.55. The van der Waals surface area contributed by atoms with E-state index >= 15 is 0 Å². The van der Waals surface area contributed by atoms with Crippen LogP contribution in [0.4, 0.5) is 0 Å². The molecule has 0 aromatic rings. The summed E-state index contributed by atoms with van der Waals surface area (Å²) in [6.07, 6.45) is 7.11. The molecule has 0 radical (unpaired) electrons. The van der Waals surface area contributed by atoms with Crippen molar-refractivity contribution in [3.8, 4) is 0 Å². The maximum atomic E-state index is 7.75. The van der Waals surface area contributed by atoms with Crippen molar-refractivity contribution in [3.63, 3.8) is 0 Å². The van der Waals surface area contributed by atoms with E-state index in [-0.39, 0.29) is 42.9 Å². The van der Waals surface area contributed by atoms with Crippen molar-refractivity contribution in [3.05, 3.63) is 21.3 Å². The van der Waals surface area contributed by atoms with Gasteiger partial charge >= 0.3 is 19.5 Å². The van der Waals surface area contributed by atoms with E-state index < -0.39 is 0 Å². The smallest absolute Gasteiger partial charge is 0.675 e. The predicted octanol–water partition coefficient (Wildman–Crippen LogP) is 8.36. The molecule has 0 fully saturated rings. The van der Waals surface area contributed by atoms with Crippen LogP contribution in [0.5, 0.6) is 0 Å². The molecule has 33 heavy (non-hydrogen) atoms. The van der Waals surface area contributed by atoms with Crippen molar-refractivity contribution in [1.82, 2.24) is 0 Å². The third-order valence-corrected chi connectivity index (χ3v) is 4.20. The van der Waals surface area contributed by atoms with Crippen LogP contribution in [0.3, 0.4) is 0 Å². The summed E-state index contributed by atoms with van der Waals surface area (Å²) >= 11 is 0. The summed E-state index contributed by atoms with van der Waals surface area (Å²) < 4.78 is 0. The first-order chi connectivity index (χ1) is 14.8. The Morgan fingerprint density at radius 3 is 1.00 bits per heavy atom. The van der Waals surface area contributed by atoms with Crippen LogP contribution in [0.15, 0.2) is 0 Å². The zero-order valence-corrected chi connectivity index (χ0v) is 25.4. The molecule has 6 nitrogen and oxygen atoms in total. The summed E-state index contributed by atoms with van der Waals surface area (Å²) in [4.78, 5) is 15.5. The molecule has 0 aliphatic carbocycles. The number of hydrogen-bond acceptors (Lipinski definition) is 2. The molecule has 4 atom stereocenters. The molecule has 0 spiro atoms. The molecule has 0 saturated heterocycles. The van der Waals surface area contributed by atoms with E-state index in [0.29, 0.717) is 12.1 Å². The van der Waals surface area contributed by atoms with Gasteiger partial charge in [0.2, 0.25) is 0 Å². The van der Waals surface area contributed by atoms with Gasteiger partial charge in [-0.2, -0.15) is 0 Å². The van der Waals surface area contributed by atoms with Crippen LogP contribution in [0.2, 0.25) is 0 Å². The van der Waals surface area contributed by atoms with E-state index in [4.69, 9.17) is 30.9 Å². The van der Waals surface area contributed by atoms with Gasteiger partial charge in [-0.15, -0.1) is 23.2 Å². The summed E-state index contributed by atoms with van der Waals surface area (Å²) in [5.74, 6) is 0. The van der Waals surface area contributed by atoms with Crippen LogP contribution in [-0.2, 0) is 29.1 Å². The molecule has 0 aromatic heterocycles. The Morgan fingerprint density at radius 1 is 0.606 bits per heavy atom. The molecule has 0 saturated carbocycles. The first-order valence-electron chi connectivity index (χ1n) is 12.1. The predicted molar refractivity (Wildman–Crippen MR) is 143 cm³/mol. The Morgan fingerprint density at radius 2 is 0.848 bits per heavy atom. The van der Waals surface area contributed by atoms with Crippen molar-refractivity contribution in [2.24, 2.45) is 0 Å². The van der Waals surface area contributed by atoms with Crippen molar-refractivity contribution >= 4 is 13.6 Å². The van der Waals surface area contributed by atoms with Gasteiger partial charge in [0.1, 0.15) is 0 Å². The molecule has 0 bridgehead atoms. The molecular weight excluding hydrogens is 501 g/mol. The minimum Gasteiger partial charge on any atom is -0.675 e. The van der Waals surface area contributed by atoms with Gasteiger partial charge in [0.05, 0.1) is 0 Å². The Balaban J connectivity index is -0.000000134.